The number of sulfonamides is 1. The number of carbonyl (C=O) groups excluding carboxylic acids is 1. The molecule has 0 saturated carbocycles. The van der Waals surface area contributed by atoms with Crippen molar-refractivity contribution >= 4 is 31.5 Å². The Morgan fingerprint density at radius 2 is 1.42 bits per heavy atom. The molecule has 0 radical (unpaired) electrons. The van der Waals surface area contributed by atoms with Crippen LogP contribution in [0.4, 0.5) is 5.69 Å². The number of sulfone groups is 1. The van der Waals surface area contributed by atoms with Crippen molar-refractivity contribution in [3.63, 3.8) is 0 Å². The van der Waals surface area contributed by atoms with E-state index in [1.807, 2.05) is 13.8 Å². The molecule has 0 unspecified atom stereocenters. The molecule has 1 heterocycles. The van der Waals surface area contributed by atoms with Gasteiger partial charge in [-0.15, -0.1) is 0 Å². The lowest BCUT2D eigenvalue weighted by Gasteiger charge is -2.28. The van der Waals surface area contributed by atoms with Gasteiger partial charge >= 0.3 is 0 Å². The molecule has 168 valence electrons. The van der Waals surface area contributed by atoms with Gasteiger partial charge in [-0.25, -0.2) is 16.8 Å². The van der Waals surface area contributed by atoms with Gasteiger partial charge in [-0.1, -0.05) is 0 Å². The minimum atomic E-state index is -3.64. The summed E-state index contributed by atoms with van der Waals surface area (Å²) in [6, 6.07) is 11.8. The Labute approximate surface area is 183 Å². The van der Waals surface area contributed by atoms with Gasteiger partial charge in [0.05, 0.1) is 23.0 Å². The fraction of sp³-hybridized carbons (Fsp3) is 0.381. The second-order valence-corrected chi connectivity index (χ2v) is 11.5. The summed E-state index contributed by atoms with van der Waals surface area (Å²) >= 11 is 0. The van der Waals surface area contributed by atoms with Crippen LogP contribution in [-0.2, 0) is 24.6 Å². The highest BCUT2D eigenvalue weighted by Gasteiger charge is 2.27. The predicted molar refractivity (Wildman–Crippen MR) is 118 cm³/mol. The fourth-order valence-electron chi connectivity index (χ4n) is 3.35. The number of carbonyl (C=O) groups is 1. The van der Waals surface area contributed by atoms with Crippen LogP contribution in [0.25, 0.3) is 0 Å². The molecule has 0 aliphatic carbocycles. The number of ether oxygens (including phenoxy) is 1. The van der Waals surface area contributed by atoms with Gasteiger partial charge in [0.15, 0.2) is 9.84 Å². The lowest BCUT2D eigenvalue weighted by molar-refractivity contribution is 0.0730. The van der Waals surface area contributed by atoms with E-state index in [2.05, 4.69) is 0 Å². The van der Waals surface area contributed by atoms with Crippen molar-refractivity contribution in [2.24, 2.45) is 0 Å². The zero-order valence-electron chi connectivity index (χ0n) is 17.7. The first-order chi connectivity index (χ1) is 14.5. The molecule has 2 aromatic rings. The summed E-state index contributed by atoms with van der Waals surface area (Å²) in [6.45, 7) is 5.01. The van der Waals surface area contributed by atoms with E-state index in [1.54, 1.807) is 12.1 Å². The second kappa shape index (κ2) is 9.07. The van der Waals surface area contributed by atoms with E-state index >= 15 is 0 Å². The standard InChI is InChI=1S/C21H26N2O6S2/c1-16(2)23(18-6-10-19(11-7-18)30(3,25)26)21(24)17-4-8-20(9-5-17)31(27,28)22-12-14-29-15-13-22/h4-11,16H,12-15H2,1-3H3. The molecule has 0 aromatic heterocycles. The Morgan fingerprint density at radius 3 is 1.90 bits per heavy atom. The molecule has 8 nitrogen and oxygen atoms in total. The average Bonchev–Trinajstić information content (AvgIpc) is 2.74. The van der Waals surface area contributed by atoms with Crippen molar-refractivity contribution in [1.29, 1.82) is 0 Å². The van der Waals surface area contributed by atoms with Gasteiger partial charge in [0, 0.05) is 36.6 Å². The van der Waals surface area contributed by atoms with Gasteiger partial charge in [0.2, 0.25) is 10.0 Å². The third kappa shape index (κ3) is 5.15. The molecule has 0 spiro atoms. The largest absolute Gasteiger partial charge is 0.379 e. The van der Waals surface area contributed by atoms with Gasteiger partial charge in [-0.2, -0.15) is 4.31 Å². The zero-order valence-corrected chi connectivity index (χ0v) is 19.3. The van der Waals surface area contributed by atoms with Crippen LogP contribution in [0.2, 0.25) is 0 Å². The van der Waals surface area contributed by atoms with Gasteiger partial charge < -0.3 is 9.64 Å². The maximum Gasteiger partial charge on any atom is 0.258 e. The van der Waals surface area contributed by atoms with Crippen LogP contribution >= 0.6 is 0 Å². The Bertz CT molecular complexity index is 1140. The zero-order chi connectivity index (χ0) is 22.8. The van der Waals surface area contributed by atoms with E-state index in [0.717, 1.165) is 6.26 Å². The number of morpholine rings is 1. The van der Waals surface area contributed by atoms with E-state index in [4.69, 9.17) is 4.74 Å². The van der Waals surface area contributed by atoms with Crippen molar-refractivity contribution < 1.29 is 26.4 Å². The Morgan fingerprint density at radius 1 is 0.903 bits per heavy atom. The van der Waals surface area contributed by atoms with Crippen LogP contribution in [-0.4, -0.2) is 65.6 Å². The second-order valence-electron chi connectivity index (χ2n) is 7.58. The summed E-state index contributed by atoms with van der Waals surface area (Å²) in [4.78, 5) is 15.0. The van der Waals surface area contributed by atoms with Crippen LogP contribution in [0.5, 0.6) is 0 Å². The van der Waals surface area contributed by atoms with Crippen LogP contribution in [0.15, 0.2) is 58.3 Å². The molecule has 2 aromatic carbocycles. The van der Waals surface area contributed by atoms with Crippen molar-refractivity contribution in [2.75, 3.05) is 37.5 Å². The number of benzene rings is 2. The first kappa shape index (κ1) is 23.4. The van der Waals surface area contributed by atoms with Crippen molar-refractivity contribution in [3.05, 3.63) is 54.1 Å². The molecule has 0 N–H and O–H groups in total. The summed E-state index contributed by atoms with van der Waals surface area (Å²) < 4.78 is 55.5. The van der Waals surface area contributed by atoms with Crippen LogP contribution < -0.4 is 4.90 Å². The van der Waals surface area contributed by atoms with E-state index in [1.165, 1.54) is 45.6 Å². The van der Waals surface area contributed by atoms with Crippen molar-refractivity contribution in [2.45, 2.75) is 29.7 Å². The van der Waals surface area contributed by atoms with Gasteiger partial charge in [0.25, 0.3) is 5.91 Å². The van der Waals surface area contributed by atoms with E-state index in [0.29, 0.717) is 37.6 Å². The van der Waals surface area contributed by atoms with Gasteiger partial charge in [-0.05, 0) is 62.4 Å². The molecule has 1 aliphatic rings. The third-order valence-electron chi connectivity index (χ3n) is 4.99. The Kier molecular flexibility index (Phi) is 6.85. The lowest BCUT2D eigenvalue weighted by atomic mass is 10.1. The molecule has 1 saturated heterocycles. The smallest absolute Gasteiger partial charge is 0.258 e. The molecular formula is C21H26N2O6S2. The summed E-state index contributed by atoms with van der Waals surface area (Å²) in [6.07, 6.45) is 1.12. The maximum absolute atomic E-state index is 13.2. The third-order valence-corrected chi connectivity index (χ3v) is 8.03. The van der Waals surface area contributed by atoms with Crippen LogP contribution in [0.3, 0.4) is 0 Å². The van der Waals surface area contributed by atoms with Gasteiger partial charge in [0.1, 0.15) is 0 Å². The summed E-state index contributed by atoms with van der Waals surface area (Å²) in [7, 11) is -6.98. The molecular weight excluding hydrogens is 440 g/mol. The Hall–Kier alpha value is -2.27. The molecule has 1 amide bonds. The average molecular weight is 467 g/mol. The molecule has 0 bridgehead atoms. The van der Waals surface area contributed by atoms with E-state index in [-0.39, 0.29) is 21.7 Å². The van der Waals surface area contributed by atoms with Crippen LogP contribution in [0, 0.1) is 0 Å². The van der Waals surface area contributed by atoms with E-state index in [9.17, 15) is 21.6 Å². The minimum Gasteiger partial charge on any atom is -0.379 e. The van der Waals surface area contributed by atoms with Crippen molar-refractivity contribution in [1.82, 2.24) is 4.31 Å². The quantitative estimate of drug-likeness (QED) is 0.647. The molecule has 31 heavy (non-hydrogen) atoms. The first-order valence-corrected chi connectivity index (χ1v) is 13.2. The number of amides is 1. The maximum atomic E-state index is 13.2. The SMILES string of the molecule is CC(C)N(C(=O)c1ccc(S(=O)(=O)N2CCOCC2)cc1)c1ccc(S(C)(=O)=O)cc1. The molecule has 1 aliphatic heterocycles. The number of nitrogens with zero attached hydrogens (tertiary/aromatic N) is 2. The highest BCUT2D eigenvalue weighted by atomic mass is 32.2. The summed E-state index contributed by atoms with van der Waals surface area (Å²) in [5, 5.41) is 0. The molecule has 1 fully saturated rings. The fourth-order valence-corrected chi connectivity index (χ4v) is 5.39. The Balaban J connectivity index is 1.86. The lowest BCUT2D eigenvalue weighted by Crippen LogP contribution is -2.40. The van der Waals surface area contributed by atoms with Gasteiger partial charge in [-0.3, -0.25) is 4.79 Å². The monoisotopic (exact) mass is 466 g/mol. The number of hydrogen-bond donors (Lipinski definition) is 0. The highest BCUT2D eigenvalue weighted by molar-refractivity contribution is 7.90. The summed E-state index contributed by atoms with van der Waals surface area (Å²) in [5.41, 5.74) is 0.888. The van der Waals surface area contributed by atoms with E-state index < -0.39 is 19.9 Å². The summed E-state index contributed by atoms with van der Waals surface area (Å²) in [5.74, 6) is -0.308. The number of anilines is 1. The normalized spacial score (nSPS) is 15.7. The molecule has 10 heteroatoms. The van der Waals surface area contributed by atoms with Crippen LogP contribution in [0.1, 0.15) is 24.2 Å². The number of hydrogen-bond acceptors (Lipinski definition) is 6. The topological polar surface area (TPSA) is 101 Å². The highest BCUT2D eigenvalue weighted by Crippen LogP contribution is 2.24. The molecule has 0 atom stereocenters. The first-order valence-electron chi connectivity index (χ1n) is 9.83. The van der Waals surface area contributed by atoms with Crippen molar-refractivity contribution in [3.8, 4) is 0 Å². The predicted octanol–water partition coefficient (Wildman–Crippen LogP) is 2.17. The number of rotatable bonds is 6. The minimum absolute atomic E-state index is 0.125. The molecule has 3 rings (SSSR count).